The summed E-state index contributed by atoms with van der Waals surface area (Å²) in [5, 5.41) is 15.9. The molecule has 0 saturated carbocycles. The first-order valence-corrected chi connectivity index (χ1v) is 9.26. The summed E-state index contributed by atoms with van der Waals surface area (Å²) in [7, 11) is 0. The van der Waals surface area contributed by atoms with Crippen molar-refractivity contribution in [1.29, 1.82) is 5.41 Å². The Morgan fingerprint density at radius 3 is 2.73 bits per heavy atom. The van der Waals surface area contributed by atoms with Gasteiger partial charge in [0.2, 0.25) is 0 Å². The fourth-order valence-electron chi connectivity index (χ4n) is 2.95. The van der Waals surface area contributed by atoms with Crippen molar-refractivity contribution in [2.45, 2.75) is 6.42 Å². The van der Waals surface area contributed by atoms with Crippen molar-refractivity contribution in [3.8, 4) is 16.9 Å². The molecule has 10 heteroatoms. The molecule has 0 bridgehead atoms. The van der Waals surface area contributed by atoms with E-state index >= 15 is 0 Å². The van der Waals surface area contributed by atoms with Crippen molar-refractivity contribution in [1.82, 2.24) is 25.0 Å². The van der Waals surface area contributed by atoms with Gasteiger partial charge in [0.15, 0.2) is 5.84 Å². The molecule has 4 rings (SSSR count). The van der Waals surface area contributed by atoms with Gasteiger partial charge in [0, 0.05) is 10.6 Å². The maximum Gasteiger partial charge on any atom is 0.151 e. The van der Waals surface area contributed by atoms with Crippen LogP contribution >= 0.6 is 11.6 Å². The van der Waals surface area contributed by atoms with Crippen LogP contribution in [0.5, 0.6) is 0 Å². The number of nitrogens with two attached hydrogens (primary N) is 1. The summed E-state index contributed by atoms with van der Waals surface area (Å²) in [4.78, 5) is 11.6. The van der Waals surface area contributed by atoms with Gasteiger partial charge in [-0.15, -0.1) is 5.10 Å². The number of nitrogens with one attached hydrogen (secondary N) is 2. The second-order valence-electron chi connectivity index (χ2n) is 6.34. The largest absolute Gasteiger partial charge is 0.382 e. The Hall–Kier alpha value is -3.85. The van der Waals surface area contributed by atoms with Crippen LogP contribution in [0.1, 0.15) is 17.2 Å². The zero-order chi connectivity index (χ0) is 21.1. The zero-order valence-electron chi connectivity index (χ0n) is 15.5. The Morgan fingerprint density at radius 1 is 1.23 bits per heavy atom. The van der Waals surface area contributed by atoms with Gasteiger partial charge in [0.05, 0.1) is 24.0 Å². The molecule has 0 saturated heterocycles. The smallest absolute Gasteiger partial charge is 0.151 e. The number of hydrogen-bond donors (Lipinski definition) is 3. The number of nitrogens with zero attached hydrogens (tertiary/aromatic N) is 5. The van der Waals surface area contributed by atoms with Gasteiger partial charge in [-0.2, -0.15) is 0 Å². The van der Waals surface area contributed by atoms with E-state index in [0.717, 1.165) is 11.9 Å². The highest BCUT2D eigenvalue weighted by Crippen LogP contribution is 2.24. The Bertz CT molecular complexity index is 1230. The maximum atomic E-state index is 14.0. The number of aromatic amines is 1. The highest BCUT2D eigenvalue weighted by molar-refractivity contribution is 6.30. The number of imidazole rings is 1. The topological polar surface area (TPSA) is 122 Å². The Balaban J connectivity index is 1.68. The van der Waals surface area contributed by atoms with Crippen LogP contribution in [0.15, 0.2) is 59.7 Å². The van der Waals surface area contributed by atoms with Crippen LogP contribution in [0.2, 0.25) is 5.02 Å². The Labute approximate surface area is 175 Å². The van der Waals surface area contributed by atoms with Crippen molar-refractivity contribution < 1.29 is 4.39 Å². The first-order chi connectivity index (χ1) is 14.5. The lowest BCUT2D eigenvalue weighted by molar-refractivity contribution is 0.607. The minimum absolute atomic E-state index is 0.128. The first-order valence-electron chi connectivity index (χ1n) is 8.88. The normalized spacial score (nSPS) is 11.6. The van der Waals surface area contributed by atoms with Gasteiger partial charge in [-0.25, -0.2) is 19.0 Å². The van der Waals surface area contributed by atoms with Crippen molar-refractivity contribution in [3.63, 3.8) is 0 Å². The molecule has 0 unspecified atom stereocenters. The quantitative estimate of drug-likeness (QED) is 0.325. The number of para-hydroxylation sites is 1. The highest BCUT2D eigenvalue weighted by atomic mass is 35.5. The van der Waals surface area contributed by atoms with Crippen LogP contribution in [0, 0.1) is 11.2 Å². The third-order valence-electron chi connectivity index (χ3n) is 4.32. The number of rotatable bonds is 6. The number of aromatic nitrogens is 5. The van der Waals surface area contributed by atoms with E-state index in [1.54, 1.807) is 36.5 Å². The van der Waals surface area contributed by atoms with Crippen molar-refractivity contribution >= 4 is 23.8 Å². The number of halogens is 2. The lowest BCUT2D eigenvalue weighted by atomic mass is 10.1. The summed E-state index contributed by atoms with van der Waals surface area (Å²) < 4.78 is 15.4. The molecule has 0 aliphatic carbocycles. The molecule has 150 valence electrons. The van der Waals surface area contributed by atoms with E-state index in [9.17, 15) is 4.39 Å². The van der Waals surface area contributed by atoms with Crippen molar-refractivity contribution in [2.24, 2.45) is 10.7 Å². The van der Waals surface area contributed by atoms with Crippen LogP contribution < -0.4 is 5.73 Å². The van der Waals surface area contributed by atoms with E-state index in [1.807, 2.05) is 12.1 Å². The minimum atomic E-state index is -0.394. The number of hydrogen-bond acceptors (Lipinski definition) is 4. The molecule has 0 aliphatic rings. The molecular weight excluding hydrogens is 407 g/mol. The van der Waals surface area contributed by atoms with E-state index in [1.165, 1.54) is 10.7 Å². The molecule has 0 radical (unpaired) electrons. The molecule has 2 aromatic carbocycles. The van der Waals surface area contributed by atoms with Crippen LogP contribution in [0.25, 0.3) is 16.9 Å². The molecule has 2 aromatic heterocycles. The number of amidine groups is 1. The standard InChI is InChI=1S/C20H16ClFN8/c21-13-7-5-12(6-8-13)18-19(20(24)25-11-23)27-17(26-18)9-14-10-30(29-28-14)16-4-2-1-3-15(16)22/h1-8,10-11H,9H2,(H,26,27)(H3,23,24,25). The summed E-state index contributed by atoms with van der Waals surface area (Å²) in [6, 6.07) is 13.4. The average Bonchev–Trinajstić information content (AvgIpc) is 3.37. The van der Waals surface area contributed by atoms with E-state index in [0.29, 0.717) is 40.0 Å². The molecule has 0 aliphatic heterocycles. The van der Waals surface area contributed by atoms with Crippen LogP contribution in [0.3, 0.4) is 0 Å². The van der Waals surface area contributed by atoms with Crippen LogP contribution in [0.4, 0.5) is 4.39 Å². The molecule has 0 fully saturated rings. The average molecular weight is 423 g/mol. The Kier molecular flexibility index (Phi) is 5.36. The van der Waals surface area contributed by atoms with Gasteiger partial charge in [0.1, 0.15) is 29.4 Å². The second kappa shape index (κ2) is 8.26. The van der Waals surface area contributed by atoms with Crippen molar-refractivity contribution in [3.05, 3.63) is 82.8 Å². The fourth-order valence-corrected chi connectivity index (χ4v) is 3.07. The van der Waals surface area contributed by atoms with Gasteiger partial charge < -0.3 is 10.7 Å². The molecule has 2 heterocycles. The zero-order valence-corrected chi connectivity index (χ0v) is 16.3. The highest BCUT2D eigenvalue weighted by Gasteiger charge is 2.17. The molecule has 4 aromatic rings. The monoisotopic (exact) mass is 422 g/mol. The molecule has 0 amide bonds. The maximum absolute atomic E-state index is 14.0. The molecule has 8 nitrogen and oxygen atoms in total. The second-order valence-corrected chi connectivity index (χ2v) is 6.78. The summed E-state index contributed by atoms with van der Waals surface area (Å²) >= 11 is 5.98. The third kappa shape index (κ3) is 3.96. The lowest BCUT2D eigenvalue weighted by Gasteiger charge is -2.01. The van der Waals surface area contributed by atoms with Crippen molar-refractivity contribution in [2.75, 3.05) is 0 Å². The van der Waals surface area contributed by atoms with Gasteiger partial charge in [-0.3, -0.25) is 5.41 Å². The predicted molar refractivity (Wildman–Crippen MR) is 113 cm³/mol. The molecule has 30 heavy (non-hydrogen) atoms. The summed E-state index contributed by atoms with van der Waals surface area (Å²) in [6.07, 6.45) is 2.81. The number of aliphatic imine (C=N–C) groups is 1. The Morgan fingerprint density at radius 2 is 2.00 bits per heavy atom. The van der Waals surface area contributed by atoms with Gasteiger partial charge in [-0.1, -0.05) is 41.1 Å². The molecule has 0 atom stereocenters. The van der Waals surface area contributed by atoms with E-state index in [2.05, 4.69) is 25.3 Å². The van der Waals surface area contributed by atoms with E-state index in [-0.39, 0.29) is 5.84 Å². The SMILES string of the molecule is N=C/N=C(/N)c1[nH]c(Cc2cn(-c3ccccc3F)nn2)nc1-c1ccc(Cl)cc1. The number of benzene rings is 2. The molecular formula is C20H16ClFN8. The predicted octanol–water partition coefficient (Wildman–Crippen LogP) is 3.35. The van der Waals surface area contributed by atoms with Crippen LogP contribution in [-0.4, -0.2) is 37.1 Å². The molecule has 4 N–H and O–H groups in total. The fraction of sp³-hybridized carbons (Fsp3) is 0.0500. The lowest BCUT2D eigenvalue weighted by Crippen LogP contribution is -2.15. The minimum Gasteiger partial charge on any atom is -0.382 e. The summed E-state index contributed by atoms with van der Waals surface area (Å²) in [5.41, 5.74) is 8.74. The van der Waals surface area contributed by atoms with Gasteiger partial charge in [-0.05, 0) is 24.3 Å². The summed E-state index contributed by atoms with van der Waals surface area (Å²) in [6.45, 7) is 0. The molecule has 0 spiro atoms. The first kappa shape index (κ1) is 19.5. The van der Waals surface area contributed by atoms with Gasteiger partial charge >= 0.3 is 0 Å². The van der Waals surface area contributed by atoms with Crippen LogP contribution in [-0.2, 0) is 6.42 Å². The number of H-pyrrole nitrogens is 1. The third-order valence-corrected chi connectivity index (χ3v) is 4.57. The van der Waals surface area contributed by atoms with E-state index < -0.39 is 5.82 Å². The van der Waals surface area contributed by atoms with Gasteiger partial charge in [0.25, 0.3) is 0 Å². The summed E-state index contributed by atoms with van der Waals surface area (Å²) in [5.74, 6) is 0.303. The van der Waals surface area contributed by atoms with E-state index in [4.69, 9.17) is 22.7 Å².